The van der Waals surface area contributed by atoms with Gasteiger partial charge < -0.3 is 14.8 Å². The van der Waals surface area contributed by atoms with Gasteiger partial charge in [0, 0.05) is 13.8 Å². The van der Waals surface area contributed by atoms with Gasteiger partial charge in [-0.1, -0.05) is 11.6 Å². The first-order valence-electron chi connectivity index (χ1n) is 6.66. The molecule has 1 heterocycles. The molecule has 0 atom stereocenters. The standard InChI is InChI=1S/C15H13ClN2O5S/c1-7(19)17-15-18-14(21)12(24-15)6-9-4-10(16)13(23-8(2)20)11(5-9)22-3/h4-6H,1-3H3,(H,17,18,19,21)/b12-6-. The molecule has 0 fully saturated rings. The summed E-state index contributed by atoms with van der Waals surface area (Å²) in [5, 5.41) is 2.83. The number of rotatable bonds is 3. The fourth-order valence-electron chi connectivity index (χ4n) is 1.83. The van der Waals surface area contributed by atoms with Crippen molar-refractivity contribution in [2.24, 2.45) is 4.99 Å². The molecule has 1 N–H and O–H groups in total. The first kappa shape index (κ1) is 18.0. The zero-order chi connectivity index (χ0) is 17.9. The summed E-state index contributed by atoms with van der Waals surface area (Å²) < 4.78 is 10.2. The Bertz CT molecular complexity index is 788. The molecule has 126 valence electrons. The lowest BCUT2D eigenvalue weighted by molar-refractivity contribution is -0.132. The molecule has 0 saturated heterocycles. The Morgan fingerprint density at radius 2 is 2.04 bits per heavy atom. The predicted molar refractivity (Wildman–Crippen MR) is 91.1 cm³/mol. The molecule has 0 spiro atoms. The Kier molecular flexibility index (Phi) is 5.63. The van der Waals surface area contributed by atoms with E-state index in [9.17, 15) is 14.4 Å². The quantitative estimate of drug-likeness (QED) is 0.500. The highest BCUT2D eigenvalue weighted by atomic mass is 35.5. The number of nitrogens with zero attached hydrogens (tertiary/aromatic N) is 1. The normalized spacial score (nSPS) is 15.2. The number of esters is 1. The maximum Gasteiger partial charge on any atom is 0.308 e. The topological polar surface area (TPSA) is 94.1 Å². The van der Waals surface area contributed by atoms with E-state index in [1.54, 1.807) is 12.1 Å². The number of carbonyl (C=O) groups is 3. The molecule has 0 unspecified atom stereocenters. The van der Waals surface area contributed by atoms with Crippen molar-refractivity contribution in [1.29, 1.82) is 0 Å². The van der Waals surface area contributed by atoms with Crippen molar-refractivity contribution >= 4 is 52.4 Å². The number of methoxy groups -OCH3 is 1. The molecule has 1 aliphatic heterocycles. The molecule has 1 aromatic rings. The van der Waals surface area contributed by atoms with E-state index < -0.39 is 11.9 Å². The number of ether oxygens (including phenoxy) is 2. The molecule has 9 heteroatoms. The zero-order valence-corrected chi connectivity index (χ0v) is 14.6. The fourth-order valence-corrected chi connectivity index (χ4v) is 2.95. The van der Waals surface area contributed by atoms with Crippen LogP contribution in [0.4, 0.5) is 0 Å². The predicted octanol–water partition coefficient (Wildman–Crippen LogP) is 2.38. The average molecular weight is 369 g/mol. The number of hydrogen-bond donors (Lipinski definition) is 1. The monoisotopic (exact) mass is 368 g/mol. The number of amides is 2. The van der Waals surface area contributed by atoms with Crippen molar-refractivity contribution in [3.8, 4) is 11.5 Å². The van der Waals surface area contributed by atoms with E-state index in [-0.39, 0.29) is 27.6 Å². The van der Waals surface area contributed by atoms with E-state index >= 15 is 0 Å². The summed E-state index contributed by atoms with van der Waals surface area (Å²) in [6.45, 7) is 2.58. The van der Waals surface area contributed by atoms with Gasteiger partial charge in [-0.05, 0) is 35.5 Å². The number of benzene rings is 1. The van der Waals surface area contributed by atoms with Crippen molar-refractivity contribution in [3.05, 3.63) is 27.6 Å². The van der Waals surface area contributed by atoms with E-state index in [4.69, 9.17) is 21.1 Å². The van der Waals surface area contributed by atoms with E-state index in [1.807, 2.05) is 0 Å². The highest BCUT2D eigenvalue weighted by Crippen LogP contribution is 2.38. The van der Waals surface area contributed by atoms with Crippen LogP contribution in [0.15, 0.2) is 22.0 Å². The second-order valence-corrected chi connectivity index (χ2v) is 6.08. The molecule has 0 bridgehead atoms. The summed E-state index contributed by atoms with van der Waals surface area (Å²) in [4.78, 5) is 38.0. The van der Waals surface area contributed by atoms with Crippen LogP contribution in [0.3, 0.4) is 0 Å². The molecular weight excluding hydrogens is 356 g/mol. The smallest absolute Gasteiger partial charge is 0.308 e. The van der Waals surface area contributed by atoms with Crippen molar-refractivity contribution in [3.63, 3.8) is 0 Å². The van der Waals surface area contributed by atoms with Crippen LogP contribution in [0.2, 0.25) is 5.02 Å². The molecule has 0 aliphatic carbocycles. The van der Waals surface area contributed by atoms with Crippen LogP contribution < -0.4 is 14.8 Å². The lowest BCUT2D eigenvalue weighted by atomic mass is 10.2. The fraction of sp³-hybridized carbons (Fsp3) is 0.200. The van der Waals surface area contributed by atoms with Gasteiger partial charge in [0.15, 0.2) is 16.7 Å². The molecular formula is C15H13ClN2O5S. The Morgan fingerprint density at radius 3 is 2.62 bits per heavy atom. The van der Waals surface area contributed by atoms with Crippen molar-refractivity contribution in [1.82, 2.24) is 5.32 Å². The number of thioether (sulfide) groups is 1. The first-order chi connectivity index (χ1) is 11.3. The minimum atomic E-state index is -0.531. The van der Waals surface area contributed by atoms with Gasteiger partial charge in [0.2, 0.25) is 5.91 Å². The highest BCUT2D eigenvalue weighted by Gasteiger charge is 2.23. The molecule has 24 heavy (non-hydrogen) atoms. The third-order valence-corrected chi connectivity index (χ3v) is 3.88. The van der Waals surface area contributed by atoms with Crippen LogP contribution in [0.25, 0.3) is 6.08 Å². The summed E-state index contributed by atoms with van der Waals surface area (Å²) >= 11 is 7.15. The maximum absolute atomic E-state index is 11.9. The molecule has 7 nitrogen and oxygen atoms in total. The summed E-state index contributed by atoms with van der Waals surface area (Å²) in [6.07, 6.45) is 1.55. The van der Waals surface area contributed by atoms with Crippen LogP contribution >= 0.6 is 23.4 Å². The molecule has 1 aliphatic rings. The van der Waals surface area contributed by atoms with Gasteiger partial charge in [0.25, 0.3) is 5.91 Å². The molecule has 0 aromatic heterocycles. The Hall–Kier alpha value is -2.32. The number of aliphatic imine (C=N–C) groups is 1. The Labute approximate surface area is 147 Å². The largest absolute Gasteiger partial charge is 0.493 e. The molecule has 1 aromatic carbocycles. The summed E-state index contributed by atoms with van der Waals surface area (Å²) in [6, 6.07) is 3.10. The lowest BCUT2D eigenvalue weighted by Gasteiger charge is -2.11. The SMILES string of the molecule is COc1cc(/C=C2\SC(NC(C)=O)=NC2=O)cc(Cl)c1OC(C)=O. The van der Waals surface area contributed by atoms with E-state index in [1.165, 1.54) is 27.0 Å². The van der Waals surface area contributed by atoms with E-state index in [2.05, 4.69) is 10.3 Å². The Morgan fingerprint density at radius 1 is 1.33 bits per heavy atom. The van der Waals surface area contributed by atoms with Crippen molar-refractivity contribution in [2.75, 3.05) is 7.11 Å². The van der Waals surface area contributed by atoms with Crippen molar-refractivity contribution < 1.29 is 23.9 Å². The third kappa shape index (κ3) is 4.36. The first-order valence-corrected chi connectivity index (χ1v) is 7.85. The van der Waals surface area contributed by atoms with Crippen LogP contribution in [0.1, 0.15) is 19.4 Å². The number of halogens is 1. The number of hydrogen-bond acceptors (Lipinski definition) is 6. The van der Waals surface area contributed by atoms with Gasteiger partial charge in [-0.3, -0.25) is 14.4 Å². The highest BCUT2D eigenvalue weighted by molar-refractivity contribution is 8.18. The molecule has 0 radical (unpaired) electrons. The number of carbonyl (C=O) groups excluding carboxylic acids is 3. The second-order valence-electron chi connectivity index (χ2n) is 4.64. The molecule has 2 rings (SSSR count). The lowest BCUT2D eigenvalue weighted by Crippen LogP contribution is -2.23. The third-order valence-electron chi connectivity index (χ3n) is 2.70. The van der Waals surface area contributed by atoms with Crippen LogP contribution in [-0.2, 0) is 14.4 Å². The van der Waals surface area contributed by atoms with Gasteiger partial charge in [-0.25, -0.2) is 0 Å². The van der Waals surface area contributed by atoms with Gasteiger partial charge in [0.1, 0.15) is 0 Å². The Balaban J connectivity index is 2.31. The zero-order valence-electron chi connectivity index (χ0n) is 13.0. The summed E-state index contributed by atoms with van der Waals surface area (Å²) in [7, 11) is 1.41. The van der Waals surface area contributed by atoms with Crippen LogP contribution in [0.5, 0.6) is 11.5 Å². The van der Waals surface area contributed by atoms with Gasteiger partial charge in [-0.2, -0.15) is 4.99 Å². The van der Waals surface area contributed by atoms with Crippen LogP contribution in [-0.4, -0.2) is 30.1 Å². The number of nitrogens with one attached hydrogen (secondary N) is 1. The van der Waals surface area contributed by atoms with Gasteiger partial charge >= 0.3 is 5.97 Å². The molecule has 2 amide bonds. The minimum Gasteiger partial charge on any atom is -0.493 e. The van der Waals surface area contributed by atoms with Crippen molar-refractivity contribution in [2.45, 2.75) is 13.8 Å². The molecule has 0 saturated carbocycles. The van der Waals surface area contributed by atoms with Gasteiger partial charge in [-0.15, -0.1) is 0 Å². The van der Waals surface area contributed by atoms with E-state index in [0.29, 0.717) is 10.5 Å². The minimum absolute atomic E-state index is 0.106. The average Bonchev–Trinajstić information content (AvgIpc) is 2.80. The summed E-state index contributed by atoms with van der Waals surface area (Å²) in [5.41, 5.74) is 0.558. The summed E-state index contributed by atoms with van der Waals surface area (Å²) in [5.74, 6) is -0.956. The maximum atomic E-state index is 11.9. The van der Waals surface area contributed by atoms with Gasteiger partial charge in [0.05, 0.1) is 17.0 Å². The second kappa shape index (κ2) is 7.50. The van der Waals surface area contributed by atoms with E-state index in [0.717, 1.165) is 11.8 Å². The van der Waals surface area contributed by atoms with Crippen LogP contribution in [0, 0.1) is 0 Å². The number of amidine groups is 1.